The van der Waals surface area contributed by atoms with Gasteiger partial charge in [-0.05, 0) is 51.1 Å². The first-order valence-corrected chi connectivity index (χ1v) is 7.56. The van der Waals surface area contributed by atoms with Gasteiger partial charge in [-0.2, -0.15) is 0 Å². The molecule has 2 unspecified atom stereocenters. The van der Waals surface area contributed by atoms with E-state index in [4.69, 9.17) is 10.5 Å². The predicted molar refractivity (Wildman–Crippen MR) is 82.6 cm³/mol. The summed E-state index contributed by atoms with van der Waals surface area (Å²) in [6, 6.07) is 0. The molecule has 0 aliphatic rings. The van der Waals surface area contributed by atoms with E-state index in [2.05, 4.69) is 44.6 Å². The van der Waals surface area contributed by atoms with Crippen LogP contribution in [-0.2, 0) is 11.2 Å². The predicted octanol–water partition coefficient (Wildman–Crippen LogP) is 2.96. The van der Waals surface area contributed by atoms with Crippen LogP contribution in [-0.4, -0.2) is 23.1 Å². The van der Waals surface area contributed by atoms with Gasteiger partial charge in [-0.1, -0.05) is 20.8 Å². The van der Waals surface area contributed by atoms with E-state index in [1.54, 1.807) is 0 Å². The molecular weight excluding hydrogens is 250 g/mol. The van der Waals surface area contributed by atoms with E-state index in [-0.39, 0.29) is 6.10 Å². The van der Waals surface area contributed by atoms with Crippen molar-refractivity contribution in [3.8, 4) is 0 Å². The smallest absolute Gasteiger partial charge is 0.157 e. The Balaban J connectivity index is 3.08. The van der Waals surface area contributed by atoms with Crippen LogP contribution in [0.3, 0.4) is 0 Å². The van der Waals surface area contributed by atoms with E-state index >= 15 is 0 Å². The van der Waals surface area contributed by atoms with E-state index in [1.165, 1.54) is 5.56 Å². The van der Waals surface area contributed by atoms with Gasteiger partial charge in [0, 0.05) is 18.0 Å². The van der Waals surface area contributed by atoms with Crippen LogP contribution in [0, 0.1) is 25.7 Å². The van der Waals surface area contributed by atoms with Gasteiger partial charge < -0.3 is 10.5 Å². The van der Waals surface area contributed by atoms with Crippen LogP contribution in [0.4, 0.5) is 0 Å². The third-order valence-electron chi connectivity index (χ3n) is 3.60. The molecule has 0 aromatic carbocycles. The first-order chi connectivity index (χ1) is 9.40. The fourth-order valence-electron chi connectivity index (χ4n) is 2.36. The van der Waals surface area contributed by atoms with Crippen LogP contribution < -0.4 is 5.73 Å². The zero-order valence-electron chi connectivity index (χ0n) is 13.7. The average Bonchev–Trinajstić information content (AvgIpc) is 2.39. The number of nitrogens with two attached hydrogens (primary N) is 1. The molecule has 1 aromatic heterocycles. The number of hydrogen-bond acceptors (Lipinski definition) is 4. The van der Waals surface area contributed by atoms with Crippen LogP contribution in [0.5, 0.6) is 0 Å². The second-order valence-corrected chi connectivity index (χ2v) is 5.90. The fraction of sp³-hybridized carbons (Fsp3) is 0.750. The molecular formula is C16H29N3O. The van der Waals surface area contributed by atoms with Crippen LogP contribution in [0.1, 0.15) is 56.6 Å². The Bertz CT molecular complexity index is 409. The molecule has 4 nitrogen and oxygen atoms in total. The zero-order chi connectivity index (χ0) is 15.3. The highest BCUT2D eigenvalue weighted by Gasteiger charge is 2.21. The summed E-state index contributed by atoms with van der Waals surface area (Å²) in [4.78, 5) is 9.37. The van der Waals surface area contributed by atoms with Gasteiger partial charge in [0.15, 0.2) is 5.82 Å². The molecule has 2 N–H and O–H groups in total. The van der Waals surface area contributed by atoms with Crippen molar-refractivity contribution in [1.29, 1.82) is 0 Å². The summed E-state index contributed by atoms with van der Waals surface area (Å²) in [5, 5.41) is 0. The Morgan fingerprint density at radius 3 is 2.05 bits per heavy atom. The molecule has 0 fully saturated rings. The van der Waals surface area contributed by atoms with Gasteiger partial charge in [0.05, 0.1) is 0 Å². The summed E-state index contributed by atoms with van der Waals surface area (Å²) < 4.78 is 5.80. The molecule has 0 aliphatic carbocycles. The maximum absolute atomic E-state index is 5.80. The molecule has 0 bridgehead atoms. The van der Waals surface area contributed by atoms with Gasteiger partial charge in [-0.25, -0.2) is 9.97 Å². The zero-order valence-corrected chi connectivity index (χ0v) is 13.7. The molecule has 1 rings (SSSR count). The molecule has 0 saturated heterocycles. The lowest BCUT2D eigenvalue weighted by Gasteiger charge is -2.21. The van der Waals surface area contributed by atoms with Crippen molar-refractivity contribution in [2.75, 3.05) is 13.2 Å². The van der Waals surface area contributed by atoms with E-state index < -0.39 is 0 Å². The van der Waals surface area contributed by atoms with Gasteiger partial charge in [0.2, 0.25) is 0 Å². The van der Waals surface area contributed by atoms with Gasteiger partial charge in [0.1, 0.15) is 6.10 Å². The SMILES string of the molecule is CCOC(c1nc(C)c(CC(C)CN)c(C)n1)C(C)C. The molecule has 20 heavy (non-hydrogen) atoms. The van der Waals surface area contributed by atoms with Crippen LogP contribution in [0.15, 0.2) is 0 Å². The molecule has 4 heteroatoms. The van der Waals surface area contributed by atoms with E-state index in [1.807, 2.05) is 6.92 Å². The van der Waals surface area contributed by atoms with E-state index in [9.17, 15) is 0 Å². The van der Waals surface area contributed by atoms with Crippen molar-refractivity contribution in [1.82, 2.24) is 9.97 Å². The normalized spacial score (nSPS) is 14.6. The fourth-order valence-corrected chi connectivity index (χ4v) is 2.36. The van der Waals surface area contributed by atoms with E-state index in [0.717, 1.165) is 23.6 Å². The van der Waals surface area contributed by atoms with Crippen molar-refractivity contribution in [2.45, 2.75) is 54.1 Å². The quantitative estimate of drug-likeness (QED) is 0.833. The minimum absolute atomic E-state index is 0.0293. The Morgan fingerprint density at radius 2 is 1.65 bits per heavy atom. The highest BCUT2D eigenvalue weighted by atomic mass is 16.5. The third-order valence-corrected chi connectivity index (χ3v) is 3.60. The molecule has 0 aliphatic heterocycles. The Hall–Kier alpha value is -1.00. The molecule has 1 aromatic rings. The van der Waals surface area contributed by atoms with Crippen molar-refractivity contribution >= 4 is 0 Å². The minimum atomic E-state index is -0.0293. The Morgan fingerprint density at radius 1 is 1.10 bits per heavy atom. The van der Waals surface area contributed by atoms with Gasteiger partial charge in [-0.15, -0.1) is 0 Å². The van der Waals surface area contributed by atoms with Crippen LogP contribution in [0.2, 0.25) is 0 Å². The molecule has 114 valence electrons. The van der Waals surface area contributed by atoms with Crippen molar-refractivity contribution in [3.05, 3.63) is 22.8 Å². The number of rotatable bonds is 7. The Kier molecular flexibility index (Phi) is 6.56. The number of hydrogen-bond donors (Lipinski definition) is 1. The van der Waals surface area contributed by atoms with Crippen molar-refractivity contribution in [2.24, 2.45) is 17.6 Å². The maximum Gasteiger partial charge on any atom is 0.157 e. The summed E-state index contributed by atoms with van der Waals surface area (Å²) in [5.74, 6) is 1.62. The molecule has 0 saturated carbocycles. The monoisotopic (exact) mass is 279 g/mol. The molecule has 0 radical (unpaired) electrons. The van der Waals surface area contributed by atoms with Gasteiger partial charge in [0.25, 0.3) is 0 Å². The number of ether oxygens (including phenoxy) is 1. The number of nitrogens with zero attached hydrogens (tertiary/aromatic N) is 2. The molecule has 0 amide bonds. The first-order valence-electron chi connectivity index (χ1n) is 7.56. The lowest BCUT2D eigenvalue weighted by Crippen LogP contribution is -2.19. The molecule has 1 heterocycles. The summed E-state index contributed by atoms with van der Waals surface area (Å²) in [5.41, 5.74) is 9.05. The lowest BCUT2D eigenvalue weighted by molar-refractivity contribution is 0.0229. The maximum atomic E-state index is 5.80. The number of aromatic nitrogens is 2. The summed E-state index contributed by atoms with van der Waals surface area (Å²) in [6.07, 6.45) is 0.911. The van der Waals surface area contributed by atoms with Crippen molar-refractivity contribution < 1.29 is 4.74 Å². The summed E-state index contributed by atoms with van der Waals surface area (Å²) in [7, 11) is 0. The minimum Gasteiger partial charge on any atom is -0.370 e. The lowest BCUT2D eigenvalue weighted by atomic mass is 9.98. The third kappa shape index (κ3) is 4.25. The summed E-state index contributed by atoms with van der Waals surface area (Å²) >= 11 is 0. The Labute approximate surface area is 123 Å². The standard InChI is InChI=1S/C16H29N3O/c1-7-20-15(10(2)3)16-18-12(5)14(13(6)19-16)8-11(4)9-17/h10-11,15H,7-9,17H2,1-6H3. The molecule has 0 spiro atoms. The number of aryl methyl sites for hydroxylation is 2. The van der Waals surface area contributed by atoms with Crippen LogP contribution in [0.25, 0.3) is 0 Å². The van der Waals surface area contributed by atoms with Gasteiger partial charge >= 0.3 is 0 Å². The average molecular weight is 279 g/mol. The topological polar surface area (TPSA) is 61.0 Å². The van der Waals surface area contributed by atoms with Gasteiger partial charge in [-0.3, -0.25) is 0 Å². The van der Waals surface area contributed by atoms with Crippen LogP contribution >= 0.6 is 0 Å². The van der Waals surface area contributed by atoms with E-state index in [0.29, 0.717) is 25.0 Å². The largest absolute Gasteiger partial charge is 0.370 e. The molecule has 2 atom stereocenters. The second kappa shape index (κ2) is 7.70. The summed E-state index contributed by atoms with van der Waals surface area (Å²) in [6.45, 7) is 13.9. The highest BCUT2D eigenvalue weighted by Crippen LogP contribution is 2.25. The first kappa shape index (κ1) is 17.1. The van der Waals surface area contributed by atoms with Crippen molar-refractivity contribution in [3.63, 3.8) is 0 Å². The second-order valence-electron chi connectivity index (χ2n) is 5.90. The highest BCUT2D eigenvalue weighted by molar-refractivity contribution is 5.25.